The molecule has 0 bridgehead atoms. The average molecular weight is 578 g/mol. The summed E-state index contributed by atoms with van der Waals surface area (Å²) in [6.07, 6.45) is 7.10. The van der Waals surface area contributed by atoms with E-state index in [0.29, 0.717) is 36.2 Å². The first-order chi connectivity index (χ1) is 20.2. The lowest BCUT2D eigenvalue weighted by Crippen LogP contribution is -2.50. The fourth-order valence-corrected chi connectivity index (χ4v) is 4.41. The van der Waals surface area contributed by atoms with Gasteiger partial charge in [0.25, 0.3) is 5.91 Å². The third-order valence-electron chi connectivity index (χ3n) is 7.21. The number of ether oxygens (including phenoxy) is 3. The predicted molar refractivity (Wildman–Crippen MR) is 157 cm³/mol. The Hall–Kier alpha value is -4.54. The van der Waals surface area contributed by atoms with Crippen molar-refractivity contribution < 1.29 is 28.6 Å². The van der Waals surface area contributed by atoms with Crippen LogP contribution in [0.25, 0.3) is 0 Å². The molecule has 1 aromatic heterocycles. The van der Waals surface area contributed by atoms with Crippen molar-refractivity contribution >= 4 is 17.9 Å². The van der Waals surface area contributed by atoms with Gasteiger partial charge in [-0.05, 0) is 43.0 Å². The Labute approximate surface area is 246 Å². The number of nitrogens with zero attached hydrogens (tertiary/aromatic N) is 4. The van der Waals surface area contributed by atoms with Crippen molar-refractivity contribution in [1.82, 2.24) is 24.9 Å². The Kier molecular flexibility index (Phi) is 10.1. The maximum Gasteiger partial charge on any atom is 0.410 e. The van der Waals surface area contributed by atoms with Crippen molar-refractivity contribution in [2.75, 3.05) is 47.0 Å². The van der Waals surface area contributed by atoms with Gasteiger partial charge in [0.1, 0.15) is 25.5 Å². The Morgan fingerprint density at radius 3 is 2.64 bits per heavy atom. The lowest BCUT2D eigenvalue weighted by Gasteiger charge is -2.31. The van der Waals surface area contributed by atoms with Gasteiger partial charge >= 0.3 is 6.09 Å². The molecule has 0 atom stereocenters. The van der Waals surface area contributed by atoms with E-state index in [4.69, 9.17) is 14.2 Å². The normalized spacial score (nSPS) is 15.9. The fraction of sp³-hybridized carbons (Fsp3) is 0.419. The molecule has 3 amide bonds. The van der Waals surface area contributed by atoms with Gasteiger partial charge in [-0.15, -0.1) is 0 Å². The smallest absolute Gasteiger partial charge is 0.410 e. The molecule has 0 spiro atoms. The number of amides is 3. The lowest BCUT2D eigenvalue weighted by atomic mass is 10.1. The first-order valence-corrected chi connectivity index (χ1v) is 13.9. The SMILES string of the molecule is C=C/C(=C\C=C(/C)COC(=O)N1CCN(C)C(=O)C1)COc1cccc(CNC(=O)c2cc(C3CC3)nn2C)c1OC. The summed E-state index contributed by atoms with van der Waals surface area (Å²) in [5, 5.41) is 7.43. The molecule has 2 fully saturated rings. The maximum absolute atomic E-state index is 12.8. The maximum atomic E-state index is 12.8. The molecule has 4 rings (SSSR count). The Morgan fingerprint density at radius 1 is 1.17 bits per heavy atom. The van der Waals surface area contributed by atoms with E-state index in [1.54, 1.807) is 42.9 Å². The number of nitrogens with one attached hydrogen (secondary N) is 1. The monoisotopic (exact) mass is 577 g/mol. The summed E-state index contributed by atoms with van der Waals surface area (Å²) in [6, 6.07) is 7.39. The molecule has 1 N–H and O–H groups in total. The van der Waals surface area contributed by atoms with Crippen LogP contribution in [-0.4, -0.2) is 84.5 Å². The molecule has 0 radical (unpaired) electrons. The van der Waals surface area contributed by atoms with Crippen LogP contribution in [-0.2, 0) is 23.1 Å². The van der Waals surface area contributed by atoms with E-state index in [2.05, 4.69) is 17.0 Å². The van der Waals surface area contributed by atoms with E-state index >= 15 is 0 Å². The number of aryl methyl sites for hydroxylation is 1. The highest BCUT2D eigenvalue weighted by atomic mass is 16.6. The Bertz CT molecular complexity index is 1390. The van der Waals surface area contributed by atoms with E-state index in [1.807, 2.05) is 37.3 Å². The van der Waals surface area contributed by atoms with Crippen LogP contribution in [0.2, 0.25) is 0 Å². The fourth-order valence-electron chi connectivity index (χ4n) is 4.41. The first-order valence-electron chi connectivity index (χ1n) is 13.9. The van der Waals surface area contributed by atoms with Crippen LogP contribution in [0.3, 0.4) is 0 Å². The van der Waals surface area contributed by atoms with Crippen molar-refractivity contribution in [1.29, 1.82) is 0 Å². The summed E-state index contributed by atoms with van der Waals surface area (Å²) >= 11 is 0. The summed E-state index contributed by atoms with van der Waals surface area (Å²) in [5.41, 5.74) is 3.88. The van der Waals surface area contributed by atoms with E-state index in [9.17, 15) is 14.4 Å². The van der Waals surface area contributed by atoms with Crippen LogP contribution in [0.15, 0.2) is 60.2 Å². The van der Waals surface area contributed by atoms with Crippen LogP contribution in [0.5, 0.6) is 11.5 Å². The van der Waals surface area contributed by atoms with Crippen molar-refractivity contribution in [3.05, 3.63) is 77.2 Å². The quantitative estimate of drug-likeness (QED) is 0.384. The van der Waals surface area contributed by atoms with Crippen molar-refractivity contribution in [2.45, 2.75) is 32.2 Å². The summed E-state index contributed by atoms with van der Waals surface area (Å²) in [5.74, 6) is 1.23. The molecule has 1 saturated carbocycles. The summed E-state index contributed by atoms with van der Waals surface area (Å²) in [7, 11) is 5.06. The third kappa shape index (κ3) is 7.80. The van der Waals surface area contributed by atoms with Gasteiger partial charge in [-0.2, -0.15) is 5.10 Å². The zero-order chi connectivity index (χ0) is 30.2. The zero-order valence-electron chi connectivity index (χ0n) is 24.7. The van der Waals surface area contributed by atoms with E-state index < -0.39 is 6.09 Å². The van der Waals surface area contributed by atoms with Gasteiger partial charge in [0, 0.05) is 45.2 Å². The number of para-hydroxylation sites is 1. The highest BCUT2D eigenvalue weighted by Gasteiger charge is 2.28. The van der Waals surface area contributed by atoms with Gasteiger partial charge in [-0.25, -0.2) is 4.79 Å². The molecule has 1 saturated heterocycles. The molecule has 224 valence electrons. The summed E-state index contributed by atoms with van der Waals surface area (Å²) < 4.78 is 18.7. The second-order valence-corrected chi connectivity index (χ2v) is 10.5. The standard InChI is InChI=1S/C31H39N5O6/c1-6-22(11-10-21(2)19-42-31(39)36-15-14-34(3)28(37)18-36)20-41-27-9-7-8-24(29(27)40-5)17-32-30(38)26-16-25(23-12-13-23)33-35(26)4/h6-11,16,23H,1,12-15,17-20H2,2-5H3,(H,32,38)/b21-10+,22-11+. The first kappa shape index (κ1) is 30.4. The molecular formula is C31H39N5O6. The lowest BCUT2D eigenvalue weighted by molar-refractivity contribution is -0.133. The number of methoxy groups -OCH3 is 1. The molecule has 1 aromatic carbocycles. The number of carbonyl (C=O) groups is 3. The van der Waals surface area contributed by atoms with Crippen molar-refractivity contribution in [3.8, 4) is 11.5 Å². The minimum Gasteiger partial charge on any atom is -0.493 e. The molecule has 2 aliphatic rings. The topological polar surface area (TPSA) is 115 Å². The Balaban J connectivity index is 1.30. The molecule has 1 aliphatic carbocycles. The molecule has 2 aromatic rings. The molecule has 2 heterocycles. The average Bonchev–Trinajstić information content (AvgIpc) is 3.77. The molecule has 42 heavy (non-hydrogen) atoms. The van der Waals surface area contributed by atoms with Crippen LogP contribution in [0.4, 0.5) is 4.79 Å². The van der Waals surface area contributed by atoms with Crippen LogP contribution < -0.4 is 14.8 Å². The number of carbonyl (C=O) groups excluding carboxylic acids is 3. The molecule has 1 aliphatic heterocycles. The van der Waals surface area contributed by atoms with Gasteiger partial charge in [0.05, 0.1) is 12.8 Å². The molecule has 11 nitrogen and oxygen atoms in total. The zero-order valence-corrected chi connectivity index (χ0v) is 24.7. The number of benzene rings is 1. The van der Waals surface area contributed by atoms with Crippen LogP contribution in [0, 0.1) is 0 Å². The van der Waals surface area contributed by atoms with E-state index in [1.165, 1.54) is 4.90 Å². The number of rotatable bonds is 12. The summed E-state index contributed by atoms with van der Waals surface area (Å²) in [6.45, 7) is 7.27. The number of allylic oxidation sites excluding steroid dienone is 2. The largest absolute Gasteiger partial charge is 0.493 e. The molecule has 11 heteroatoms. The highest BCUT2D eigenvalue weighted by Crippen LogP contribution is 2.39. The van der Waals surface area contributed by atoms with Crippen LogP contribution in [0.1, 0.15) is 47.4 Å². The van der Waals surface area contributed by atoms with Crippen molar-refractivity contribution in [2.24, 2.45) is 7.05 Å². The second kappa shape index (κ2) is 13.9. The predicted octanol–water partition coefficient (Wildman–Crippen LogP) is 3.58. The number of hydrogen-bond acceptors (Lipinski definition) is 7. The summed E-state index contributed by atoms with van der Waals surface area (Å²) in [4.78, 5) is 40.0. The highest BCUT2D eigenvalue weighted by molar-refractivity contribution is 5.92. The van der Waals surface area contributed by atoms with Gasteiger partial charge in [-0.1, -0.05) is 36.9 Å². The van der Waals surface area contributed by atoms with E-state index in [0.717, 1.165) is 35.2 Å². The minimum atomic E-state index is -0.507. The van der Waals surface area contributed by atoms with Crippen molar-refractivity contribution in [3.63, 3.8) is 0 Å². The molecular weight excluding hydrogens is 538 g/mol. The number of aromatic nitrogens is 2. The van der Waals surface area contributed by atoms with Gasteiger partial charge in [0.2, 0.25) is 5.91 Å². The number of likely N-dealkylation sites (N-methyl/N-ethyl adjacent to an activating group) is 1. The number of piperazine rings is 1. The minimum absolute atomic E-state index is 0.0264. The van der Waals surface area contributed by atoms with E-state index in [-0.39, 0.29) is 38.1 Å². The Morgan fingerprint density at radius 2 is 1.95 bits per heavy atom. The van der Waals surface area contributed by atoms with Gasteiger partial charge in [-0.3, -0.25) is 19.2 Å². The number of hydrogen-bond donors (Lipinski definition) is 1. The van der Waals surface area contributed by atoms with Gasteiger partial charge < -0.3 is 24.4 Å². The second-order valence-electron chi connectivity index (χ2n) is 10.5. The van der Waals surface area contributed by atoms with Crippen LogP contribution >= 0.6 is 0 Å². The van der Waals surface area contributed by atoms with Gasteiger partial charge in [0.15, 0.2) is 11.5 Å². The third-order valence-corrected chi connectivity index (χ3v) is 7.21. The molecule has 0 unspecified atom stereocenters.